The number of nitrogens with one attached hydrogen (secondary N) is 1. The van der Waals surface area contributed by atoms with Gasteiger partial charge in [0.2, 0.25) is 0 Å². The average molecular weight is 305 g/mol. The van der Waals surface area contributed by atoms with E-state index in [9.17, 15) is 4.79 Å². The predicted octanol–water partition coefficient (Wildman–Crippen LogP) is 1.38. The molecule has 0 aliphatic carbocycles. The van der Waals surface area contributed by atoms with Gasteiger partial charge in [0.1, 0.15) is 5.54 Å². The van der Waals surface area contributed by atoms with Crippen LogP contribution in [0.15, 0.2) is 0 Å². The van der Waals surface area contributed by atoms with Crippen molar-refractivity contribution in [1.29, 1.82) is 0 Å². The Balaban J connectivity index is 3.76. The maximum Gasteiger partial charge on any atom is 0.325 e. The van der Waals surface area contributed by atoms with Crippen LogP contribution in [-0.4, -0.2) is 65.3 Å². The molecule has 0 aliphatic rings. The highest BCUT2D eigenvalue weighted by Gasteiger charge is 2.32. The highest BCUT2D eigenvalue weighted by molar-refractivity contribution is 5.80. The SMILES string of the molecule is CCCNC(C)(CCCOCCOCCOC)C(=O)OC. The van der Waals surface area contributed by atoms with Gasteiger partial charge >= 0.3 is 5.97 Å². The number of methoxy groups -OCH3 is 2. The molecule has 0 bridgehead atoms. The van der Waals surface area contributed by atoms with Gasteiger partial charge in [-0.1, -0.05) is 6.92 Å². The molecular weight excluding hydrogens is 274 g/mol. The van der Waals surface area contributed by atoms with Crippen LogP contribution in [0.25, 0.3) is 0 Å². The molecule has 1 atom stereocenters. The molecule has 0 aromatic heterocycles. The molecule has 0 heterocycles. The van der Waals surface area contributed by atoms with E-state index < -0.39 is 5.54 Å². The minimum atomic E-state index is -0.636. The highest BCUT2D eigenvalue weighted by atomic mass is 16.5. The lowest BCUT2D eigenvalue weighted by Crippen LogP contribution is -2.50. The van der Waals surface area contributed by atoms with E-state index in [2.05, 4.69) is 12.2 Å². The summed E-state index contributed by atoms with van der Waals surface area (Å²) in [4.78, 5) is 11.8. The average Bonchev–Trinajstić information content (AvgIpc) is 2.50. The van der Waals surface area contributed by atoms with Crippen LogP contribution in [0.1, 0.15) is 33.1 Å². The second-order valence-electron chi connectivity index (χ2n) is 5.07. The molecule has 0 aromatic rings. The van der Waals surface area contributed by atoms with Gasteiger partial charge in [-0.2, -0.15) is 0 Å². The number of carbonyl (C=O) groups is 1. The van der Waals surface area contributed by atoms with E-state index in [0.717, 1.165) is 19.4 Å². The Kier molecular flexibility index (Phi) is 12.6. The van der Waals surface area contributed by atoms with Crippen LogP contribution in [0.5, 0.6) is 0 Å². The van der Waals surface area contributed by atoms with Crippen LogP contribution in [0.2, 0.25) is 0 Å². The normalized spacial score (nSPS) is 13.9. The number of hydrogen-bond acceptors (Lipinski definition) is 6. The van der Waals surface area contributed by atoms with Crippen molar-refractivity contribution in [2.45, 2.75) is 38.6 Å². The van der Waals surface area contributed by atoms with E-state index in [4.69, 9.17) is 18.9 Å². The standard InChI is InChI=1S/C15H31NO5/c1-5-8-16-15(2,14(17)19-4)7-6-9-20-12-13-21-11-10-18-3/h16H,5-13H2,1-4H3. The molecule has 0 aliphatic heterocycles. The van der Waals surface area contributed by atoms with Crippen molar-refractivity contribution in [1.82, 2.24) is 5.32 Å². The third-order valence-corrected chi connectivity index (χ3v) is 3.17. The molecule has 126 valence electrons. The Hall–Kier alpha value is -0.690. The zero-order chi connectivity index (χ0) is 16.0. The fourth-order valence-corrected chi connectivity index (χ4v) is 1.88. The van der Waals surface area contributed by atoms with E-state index >= 15 is 0 Å². The van der Waals surface area contributed by atoms with Gasteiger partial charge in [-0.25, -0.2) is 0 Å². The van der Waals surface area contributed by atoms with Crippen molar-refractivity contribution in [3.63, 3.8) is 0 Å². The van der Waals surface area contributed by atoms with Crippen LogP contribution in [0.4, 0.5) is 0 Å². The van der Waals surface area contributed by atoms with E-state index in [-0.39, 0.29) is 5.97 Å². The predicted molar refractivity (Wildman–Crippen MR) is 81.5 cm³/mol. The zero-order valence-electron chi connectivity index (χ0n) is 13.9. The molecule has 0 rings (SSSR count). The number of ether oxygens (including phenoxy) is 4. The largest absolute Gasteiger partial charge is 0.468 e. The van der Waals surface area contributed by atoms with Gasteiger partial charge in [0.15, 0.2) is 0 Å². The Morgan fingerprint density at radius 2 is 1.67 bits per heavy atom. The third-order valence-electron chi connectivity index (χ3n) is 3.17. The first-order chi connectivity index (χ1) is 10.1. The van der Waals surface area contributed by atoms with Crippen LogP contribution in [0, 0.1) is 0 Å². The monoisotopic (exact) mass is 305 g/mol. The van der Waals surface area contributed by atoms with Gasteiger partial charge in [0.25, 0.3) is 0 Å². The fourth-order valence-electron chi connectivity index (χ4n) is 1.88. The molecule has 0 spiro atoms. The first kappa shape index (κ1) is 20.3. The summed E-state index contributed by atoms with van der Waals surface area (Å²) >= 11 is 0. The van der Waals surface area contributed by atoms with Gasteiger partial charge in [-0.05, 0) is 32.7 Å². The summed E-state index contributed by atoms with van der Waals surface area (Å²) in [6, 6.07) is 0. The van der Waals surface area contributed by atoms with E-state index in [1.807, 2.05) is 6.92 Å². The van der Waals surface area contributed by atoms with Gasteiger partial charge in [0.05, 0.1) is 33.5 Å². The molecule has 0 radical (unpaired) electrons. The highest BCUT2D eigenvalue weighted by Crippen LogP contribution is 2.14. The molecule has 0 saturated carbocycles. The molecular formula is C15H31NO5. The van der Waals surface area contributed by atoms with Crippen molar-refractivity contribution >= 4 is 5.97 Å². The van der Waals surface area contributed by atoms with E-state index in [1.54, 1.807) is 7.11 Å². The first-order valence-electron chi connectivity index (χ1n) is 7.58. The van der Waals surface area contributed by atoms with Gasteiger partial charge in [0, 0.05) is 13.7 Å². The molecule has 1 unspecified atom stereocenters. The van der Waals surface area contributed by atoms with Crippen LogP contribution >= 0.6 is 0 Å². The lowest BCUT2D eigenvalue weighted by atomic mass is 9.96. The van der Waals surface area contributed by atoms with E-state index in [1.165, 1.54) is 7.11 Å². The van der Waals surface area contributed by atoms with Crippen molar-refractivity contribution in [2.75, 3.05) is 53.8 Å². The smallest absolute Gasteiger partial charge is 0.325 e. The molecule has 1 N–H and O–H groups in total. The van der Waals surface area contributed by atoms with Crippen molar-refractivity contribution in [3.8, 4) is 0 Å². The summed E-state index contributed by atoms with van der Waals surface area (Å²) < 4.78 is 20.5. The van der Waals surface area contributed by atoms with Gasteiger partial charge in [-0.15, -0.1) is 0 Å². The topological polar surface area (TPSA) is 66.0 Å². The maximum atomic E-state index is 11.8. The summed E-state index contributed by atoms with van der Waals surface area (Å²) in [5, 5.41) is 3.25. The number of hydrogen-bond donors (Lipinski definition) is 1. The lowest BCUT2D eigenvalue weighted by molar-refractivity contribution is -0.148. The molecule has 21 heavy (non-hydrogen) atoms. The zero-order valence-corrected chi connectivity index (χ0v) is 13.9. The summed E-state index contributed by atoms with van der Waals surface area (Å²) in [6.07, 6.45) is 2.45. The molecule has 6 nitrogen and oxygen atoms in total. The minimum absolute atomic E-state index is 0.223. The second-order valence-corrected chi connectivity index (χ2v) is 5.07. The fraction of sp³-hybridized carbons (Fsp3) is 0.933. The van der Waals surface area contributed by atoms with E-state index in [0.29, 0.717) is 39.5 Å². The molecule has 0 fully saturated rings. The van der Waals surface area contributed by atoms with Crippen LogP contribution in [-0.2, 0) is 23.7 Å². The summed E-state index contributed by atoms with van der Waals surface area (Å²) in [6.45, 7) is 7.64. The number of esters is 1. The van der Waals surface area contributed by atoms with Crippen molar-refractivity contribution in [2.24, 2.45) is 0 Å². The summed E-state index contributed by atoms with van der Waals surface area (Å²) in [7, 11) is 3.06. The van der Waals surface area contributed by atoms with Crippen LogP contribution < -0.4 is 5.32 Å². The summed E-state index contributed by atoms with van der Waals surface area (Å²) in [5.41, 5.74) is -0.636. The van der Waals surface area contributed by atoms with Gasteiger partial charge < -0.3 is 24.3 Å². The quantitative estimate of drug-likeness (QED) is 0.386. The van der Waals surface area contributed by atoms with Crippen molar-refractivity contribution < 1.29 is 23.7 Å². The Morgan fingerprint density at radius 3 is 2.24 bits per heavy atom. The van der Waals surface area contributed by atoms with Gasteiger partial charge in [-0.3, -0.25) is 4.79 Å². The number of rotatable bonds is 14. The van der Waals surface area contributed by atoms with Crippen molar-refractivity contribution in [3.05, 3.63) is 0 Å². The second kappa shape index (κ2) is 13.0. The summed E-state index contributed by atoms with van der Waals surface area (Å²) in [5.74, 6) is -0.223. The maximum absolute atomic E-state index is 11.8. The molecule has 6 heteroatoms. The third kappa shape index (κ3) is 9.79. The minimum Gasteiger partial charge on any atom is -0.468 e. The Labute approximate surface area is 128 Å². The Bertz CT molecular complexity index is 262. The number of carbonyl (C=O) groups excluding carboxylic acids is 1. The molecule has 0 saturated heterocycles. The molecule has 0 amide bonds. The first-order valence-corrected chi connectivity index (χ1v) is 7.58. The Morgan fingerprint density at radius 1 is 1.05 bits per heavy atom. The van der Waals surface area contributed by atoms with Crippen LogP contribution in [0.3, 0.4) is 0 Å². The lowest BCUT2D eigenvalue weighted by Gasteiger charge is -2.28. The molecule has 0 aromatic carbocycles.